The van der Waals surface area contributed by atoms with Gasteiger partial charge < -0.3 is 25.0 Å². The summed E-state index contributed by atoms with van der Waals surface area (Å²) in [5.41, 5.74) is 5.89. The number of hydrogen-bond acceptors (Lipinski definition) is 8. The van der Waals surface area contributed by atoms with Crippen molar-refractivity contribution >= 4 is 43.1 Å². The van der Waals surface area contributed by atoms with Gasteiger partial charge in [-0.15, -0.1) is 0 Å². The average Bonchev–Trinajstić information content (AvgIpc) is 3.32. The minimum Gasteiger partial charge on any atom is -0.501 e. The maximum Gasteiger partial charge on any atom is 0.368 e. The molecule has 0 unspecified atom stereocenters. The lowest BCUT2D eigenvalue weighted by molar-refractivity contribution is -0.381. The van der Waals surface area contributed by atoms with Gasteiger partial charge in [-0.25, -0.2) is 4.39 Å². The van der Waals surface area contributed by atoms with E-state index in [0.29, 0.717) is 23.4 Å². The van der Waals surface area contributed by atoms with Crippen molar-refractivity contribution in [2.75, 3.05) is 25.1 Å². The van der Waals surface area contributed by atoms with E-state index in [4.69, 9.17) is 10.5 Å². The van der Waals surface area contributed by atoms with Gasteiger partial charge in [-0.05, 0) is 56.4 Å². The van der Waals surface area contributed by atoms with Gasteiger partial charge in [0.2, 0.25) is 11.2 Å². The molecule has 1 saturated heterocycles. The molecular formula is C22H25FN4O5S. The van der Waals surface area contributed by atoms with E-state index in [0.717, 1.165) is 36.7 Å². The first-order valence-corrected chi connectivity index (χ1v) is 11.6. The monoisotopic (exact) mass is 476 g/mol. The first-order valence-electron chi connectivity index (χ1n) is 10.8. The molecule has 11 heteroatoms. The van der Waals surface area contributed by atoms with Crippen molar-refractivity contribution < 1.29 is 19.2 Å². The molecule has 0 spiro atoms. The van der Waals surface area contributed by atoms with Crippen LogP contribution in [0, 0.1) is 21.8 Å². The lowest BCUT2D eigenvalue weighted by Gasteiger charge is -2.28. The van der Waals surface area contributed by atoms with E-state index in [-0.39, 0.29) is 34.2 Å². The van der Waals surface area contributed by atoms with Crippen LogP contribution in [-0.2, 0) is 0 Å². The predicted molar refractivity (Wildman–Crippen MR) is 125 cm³/mol. The molecule has 1 aromatic carbocycles. The number of thiophene rings is 1. The van der Waals surface area contributed by atoms with Crippen LogP contribution in [0.2, 0.25) is 0 Å². The molecule has 0 amide bonds. The Morgan fingerprint density at radius 1 is 1.36 bits per heavy atom. The molecule has 3 aromatic rings. The molecule has 3 heterocycles. The second kappa shape index (κ2) is 7.29. The number of halogens is 1. The number of hydrogen-bond donors (Lipinski definition) is 2. The number of aromatic hydroxyl groups is 1. The number of aromatic nitrogens is 1. The van der Waals surface area contributed by atoms with E-state index in [9.17, 15) is 20.0 Å². The Hall–Kier alpha value is -2.92. The Bertz CT molecular complexity index is 1370. The third kappa shape index (κ3) is 3.24. The van der Waals surface area contributed by atoms with Gasteiger partial charge in [0.25, 0.3) is 0 Å². The van der Waals surface area contributed by atoms with Gasteiger partial charge in [-0.3, -0.25) is 14.9 Å². The highest BCUT2D eigenvalue weighted by molar-refractivity contribution is 7.22. The number of nitro groups is 1. The second-order valence-corrected chi connectivity index (χ2v) is 10.5. The predicted octanol–water partition coefficient (Wildman–Crippen LogP) is 3.88. The third-order valence-electron chi connectivity index (χ3n) is 6.80. The highest BCUT2D eigenvalue weighted by atomic mass is 32.1. The molecule has 2 aliphatic rings. The van der Waals surface area contributed by atoms with E-state index in [1.54, 1.807) is 0 Å². The van der Waals surface area contributed by atoms with E-state index < -0.39 is 32.5 Å². The Balaban J connectivity index is 1.84. The highest BCUT2D eigenvalue weighted by Gasteiger charge is 2.38. The molecule has 2 aromatic heterocycles. The van der Waals surface area contributed by atoms with E-state index in [2.05, 4.69) is 0 Å². The Kier molecular flexibility index (Phi) is 4.84. The summed E-state index contributed by atoms with van der Waals surface area (Å²) in [6.07, 6.45) is 2.41. The lowest BCUT2D eigenvalue weighted by atomic mass is 9.88. The number of benzene rings is 1. The van der Waals surface area contributed by atoms with Crippen LogP contribution in [0.5, 0.6) is 11.5 Å². The molecule has 1 saturated carbocycles. The zero-order valence-corrected chi connectivity index (χ0v) is 19.4. The molecule has 9 nitrogen and oxygen atoms in total. The molecule has 1 aliphatic heterocycles. The van der Waals surface area contributed by atoms with Crippen molar-refractivity contribution in [2.45, 2.75) is 44.7 Å². The summed E-state index contributed by atoms with van der Waals surface area (Å²) in [4.78, 5) is 26.3. The fourth-order valence-corrected chi connectivity index (χ4v) is 5.98. The molecule has 1 atom stereocenters. The molecular weight excluding hydrogens is 451 g/mol. The van der Waals surface area contributed by atoms with Gasteiger partial charge in [0.15, 0.2) is 11.6 Å². The lowest BCUT2D eigenvalue weighted by Crippen LogP contribution is -2.42. The molecule has 2 fully saturated rings. The minimum atomic E-state index is -0.705. The SMILES string of the molecule is COc1c(N2CC[C@@H](C(C)(C)N)C2)c(F)cc2c(=O)c3c(O)c([N+](=O)[O-])sc3n(C3CC3)c12. The molecule has 1 aliphatic carbocycles. The number of ether oxygens (including phenoxy) is 1. The number of nitrogens with zero attached hydrogens (tertiary/aromatic N) is 3. The van der Waals surface area contributed by atoms with E-state index >= 15 is 4.39 Å². The standard InChI is InChI=1S/C22H25FN4O5S/c1-22(2,24)10-6-7-25(9-10)16-13(23)8-12-15(19(16)32-3)26(11-4-5-11)20-14(17(12)28)18(29)21(33-20)27(30)31/h8,10-11,29H,4-7,9,24H2,1-3H3/t10-/m1/s1. The largest absolute Gasteiger partial charge is 0.501 e. The quantitative estimate of drug-likeness (QED) is 0.423. The summed E-state index contributed by atoms with van der Waals surface area (Å²) < 4.78 is 23.1. The van der Waals surface area contributed by atoms with Crippen LogP contribution < -0.4 is 20.8 Å². The second-order valence-electron chi connectivity index (χ2n) is 9.51. The fourth-order valence-electron chi connectivity index (χ4n) is 4.89. The van der Waals surface area contributed by atoms with Gasteiger partial charge in [0, 0.05) is 24.7 Å². The number of nitrogens with two attached hydrogens (primary N) is 1. The number of methoxy groups -OCH3 is 1. The number of pyridine rings is 1. The van der Waals surface area contributed by atoms with Crippen LogP contribution >= 0.6 is 11.3 Å². The van der Waals surface area contributed by atoms with Crippen molar-refractivity contribution in [2.24, 2.45) is 11.7 Å². The average molecular weight is 477 g/mol. The van der Waals surface area contributed by atoms with Crippen molar-refractivity contribution in [3.63, 3.8) is 0 Å². The molecule has 5 rings (SSSR count). The molecule has 0 radical (unpaired) electrons. The summed E-state index contributed by atoms with van der Waals surface area (Å²) in [7, 11) is 1.43. The smallest absolute Gasteiger partial charge is 0.368 e. The van der Waals surface area contributed by atoms with Crippen molar-refractivity contribution in [3.05, 3.63) is 32.2 Å². The summed E-state index contributed by atoms with van der Waals surface area (Å²) in [6.45, 7) is 5.04. The van der Waals surface area contributed by atoms with Crippen molar-refractivity contribution in [1.29, 1.82) is 0 Å². The number of rotatable bonds is 5. The molecule has 0 bridgehead atoms. The zero-order chi connectivity index (χ0) is 23.8. The van der Waals surface area contributed by atoms with Crippen LogP contribution in [0.1, 0.15) is 39.2 Å². The molecule has 176 valence electrons. The Morgan fingerprint density at radius 2 is 2.06 bits per heavy atom. The highest BCUT2D eigenvalue weighted by Crippen LogP contribution is 2.50. The number of fused-ring (bicyclic) bond motifs is 2. The molecule has 33 heavy (non-hydrogen) atoms. The van der Waals surface area contributed by atoms with Crippen LogP contribution in [-0.4, -0.2) is 40.3 Å². The summed E-state index contributed by atoms with van der Waals surface area (Å²) in [6, 6.07) is 1.15. The van der Waals surface area contributed by atoms with Gasteiger partial charge in [-0.1, -0.05) is 0 Å². The fraction of sp³-hybridized carbons (Fsp3) is 0.500. The first kappa shape index (κ1) is 21.9. The summed E-state index contributed by atoms with van der Waals surface area (Å²) in [5.74, 6) is -0.903. The zero-order valence-electron chi connectivity index (χ0n) is 18.6. The maximum absolute atomic E-state index is 15.5. The van der Waals surface area contributed by atoms with E-state index in [1.807, 2.05) is 23.3 Å². The Morgan fingerprint density at radius 3 is 2.61 bits per heavy atom. The normalized spacial score (nSPS) is 19.1. The van der Waals surface area contributed by atoms with Gasteiger partial charge in [0.05, 0.1) is 22.9 Å². The van der Waals surface area contributed by atoms with Gasteiger partial charge >= 0.3 is 5.00 Å². The maximum atomic E-state index is 15.5. The van der Waals surface area contributed by atoms with Gasteiger partial charge in [-0.2, -0.15) is 0 Å². The third-order valence-corrected chi connectivity index (χ3v) is 7.93. The number of anilines is 1. The van der Waals surface area contributed by atoms with Crippen molar-refractivity contribution in [3.8, 4) is 11.5 Å². The van der Waals surface area contributed by atoms with E-state index in [1.165, 1.54) is 7.11 Å². The minimum absolute atomic E-state index is 0.0187. The topological polar surface area (TPSA) is 124 Å². The van der Waals surface area contributed by atoms with Crippen LogP contribution in [0.3, 0.4) is 0 Å². The first-order chi connectivity index (χ1) is 15.5. The Labute approximate surface area is 192 Å². The summed E-state index contributed by atoms with van der Waals surface area (Å²) in [5, 5.41) is 21.3. The van der Waals surface area contributed by atoms with Gasteiger partial charge in [0.1, 0.15) is 15.9 Å². The van der Waals surface area contributed by atoms with Crippen LogP contribution in [0.25, 0.3) is 21.1 Å². The molecule has 3 N–H and O–H groups in total. The van der Waals surface area contributed by atoms with Crippen LogP contribution in [0.15, 0.2) is 10.9 Å². The summed E-state index contributed by atoms with van der Waals surface area (Å²) >= 11 is 0.756. The van der Waals surface area contributed by atoms with Crippen LogP contribution in [0.4, 0.5) is 15.1 Å². The van der Waals surface area contributed by atoms with Crippen molar-refractivity contribution in [1.82, 2.24) is 4.57 Å².